The Morgan fingerprint density at radius 2 is 1.61 bits per heavy atom. The van der Waals surface area contributed by atoms with Crippen LogP contribution in [0.1, 0.15) is 60.3 Å². The fourth-order valence-corrected chi connectivity index (χ4v) is 6.57. The van der Waals surface area contributed by atoms with Crippen LogP contribution in [-0.4, -0.2) is 59.3 Å². The van der Waals surface area contributed by atoms with Crippen LogP contribution in [0.25, 0.3) is 16.8 Å². The number of tetrazole rings is 1. The number of amides is 2. The molecule has 1 fully saturated rings. The van der Waals surface area contributed by atoms with Crippen LogP contribution >= 0.6 is 11.8 Å². The van der Waals surface area contributed by atoms with Gasteiger partial charge < -0.3 is 25.0 Å². The van der Waals surface area contributed by atoms with Gasteiger partial charge in [-0.15, -0.1) is 5.10 Å². The summed E-state index contributed by atoms with van der Waals surface area (Å²) < 4.78 is 14.7. The SMILES string of the molecule is O=C(CCCC(=O)NCc1cccc(-c2ccc(C3OC(CSc4nnnn4-c4ccc(O)cc4)CC(c4ccc(CO)cc4)O3)cc2)c1)NO. The minimum absolute atomic E-state index is 0.0379. The average molecular weight is 711 g/mol. The largest absolute Gasteiger partial charge is 0.508 e. The maximum absolute atomic E-state index is 12.2. The molecule has 0 radical (unpaired) electrons. The first-order chi connectivity index (χ1) is 24.9. The van der Waals surface area contributed by atoms with Gasteiger partial charge in [-0.05, 0) is 75.0 Å². The molecule has 0 aliphatic carbocycles. The third kappa shape index (κ3) is 9.57. The summed E-state index contributed by atoms with van der Waals surface area (Å²) in [6, 6.07) is 30.3. The van der Waals surface area contributed by atoms with E-state index in [0.717, 1.165) is 39.1 Å². The number of carbonyl (C=O) groups is 2. The summed E-state index contributed by atoms with van der Waals surface area (Å²) in [6.07, 6.45) is 0.104. The Hall–Kier alpha value is -5.12. The van der Waals surface area contributed by atoms with Crippen molar-refractivity contribution in [2.75, 3.05) is 5.75 Å². The molecule has 0 bridgehead atoms. The highest BCUT2D eigenvalue weighted by atomic mass is 32.2. The third-order valence-electron chi connectivity index (χ3n) is 8.41. The summed E-state index contributed by atoms with van der Waals surface area (Å²) in [5.74, 6) is 0.0312. The van der Waals surface area contributed by atoms with Gasteiger partial charge in [0.2, 0.25) is 17.0 Å². The first-order valence-electron chi connectivity index (χ1n) is 16.5. The Bertz CT molecular complexity index is 1900. The number of hydrogen-bond donors (Lipinski definition) is 5. The van der Waals surface area contributed by atoms with Crippen LogP contribution < -0.4 is 10.8 Å². The number of phenols is 1. The fraction of sp³-hybridized carbons (Fsp3) is 0.270. The smallest absolute Gasteiger partial charge is 0.243 e. The van der Waals surface area contributed by atoms with Crippen LogP contribution in [0, 0.1) is 0 Å². The van der Waals surface area contributed by atoms with E-state index in [1.807, 2.05) is 72.8 Å². The van der Waals surface area contributed by atoms with Gasteiger partial charge in [-0.1, -0.05) is 78.5 Å². The zero-order valence-electron chi connectivity index (χ0n) is 27.6. The summed E-state index contributed by atoms with van der Waals surface area (Å²) in [4.78, 5) is 23.4. The van der Waals surface area contributed by atoms with E-state index in [0.29, 0.717) is 30.3 Å². The molecule has 4 aromatic carbocycles. The number of hydrogen-bond acceptors (Lipinski definition) is 11. The van der Waals surface area contributed by atoms with E-state index in [4.69, 9.17) is 14.7 Å². The number of carbonyl (C=O) groups excluding carboxylic acids is 2. The fourth-order valence-electron chi connectivity index (χ4n) is 5.66. The second-order valence-electron chi connectivity index (χ2n) is 12.0. The van der Waals surface area contributed by atoms with Crippen molar-refractivity contribution >= 4 is 23.6 Å². The zero-order valence-corrected chi connectivity index (χ0v) is 28.4. The summed E-state index contributed by atoms with van der Waals surface area (Å²) >= 11 is 1.47. The minimum atomic E-state index is -0.640. The molecule has 6 rings (SSSR count). The number of hydroxylamine groups is 1. The number of nitrogens with zero attached hydrogens (tertiary/aromatic N) is 4. The molecule has 0 saturated carbocycles. The summed E-state index contributed by atoms with van der Waals surface area (Å²) in [6.45, 7) is 0.311. The molecule has 1 aromatic heterocycles. The maximum atomic E-state index is 12.2. The number of aliphatic hydroxyl groups excluding tert-OH is 1. The molecule has 2 heterocycles. The van der Waals surface area contributed by atoms with E-state index in [2.05, 4.69) is 20.8 Å². The molecule has 0 spiro atoms. The number of aromatic nitrogens is 4. The van der Waals surface area contributed by atoms with E-state index < -0.39 is 12.2 Å². The molecule has 264 valence electrons. The van der Waals surface area contributed by atoms with E-state index in [-0.39, 0.29) is 43.3 Å². The number of aliphatic hydroxyl groups is 1. The van der Waals surface area contributed by atoms with Crippen LogP contribution in [0.5, 0.6) is 5.75 Å². The van der Waals surface area contributed by atoms with Crippen LogP contribution in [0.4, 0.5) is 0 Å². The van der Waals surface area contributed by atoms with Crippen molar-refractivity contribution in [1.29, 1.82) is 0 Å². The van der Waals surface area contributed by atoms with Gasteiger partial charge in [-0.25, -0.2) is 5.48 Å². The molecule has 13 nitrogen and oxygen atoms in total. The number of aromatic hydroxyl groups is 1. The molecule has 3 unspecified atom stereocenters. The highest BCUT2D eigenvalue weighted by Gasteiger charge is 2.32. The molecule has 1 aliphatic rings. The molecule has 3 atom stereocenters. The summed E-state index contributed by atoms with van der Waals surface area (Å²) in [5, 5.41) is 43.5. The number of phenolic OH excluding ortho intramolecular Hbond substituents is 1. The quantitative estimate of drug-likeness (QED) is 0.0584. The van der Waals surface area contributed by atoms with Gasteiger partial charge >= 0.3 is 0 Å². The molecule has 5 N–H and O–H groups in total. The number of rotatable bonds is 14. The summed E-state index contributed by atoms with van der Waals surface area (Å²) in [7, 11) is 0. The molecule has 14 heteroatoms. The number of nitrogens with one attached hydrogen (secondary N) is 2. The molecule has 2 amide bonds. The predicted molar refractivity (Wildman–Crippen MR) is 187 cm³/mol. The van der Waals surface area contributed by atoms with Gasteiger partial charge in [-0.3, -0.25) is 14.8 Å². The normalized spacial score (nSPS) is 17.2. The van der Waals surface area contributed by atoms with Crippen molar-refractivity contribution in [1.82, 2.24) is 31.0 Å². The van der Waals surface area contributed by atoms with Crippen molar-refractivity contribution < 1.29 is 34.5 Å². The standard InChI is InChI=1S/C37H38N6O7S/c44-22-24-7-9-27(10-8-24)33-20-32(23-51-37-39-41-42-43(37)30-15-17-31(45)18-16-30)49-36(50-33)28-13-11-26(12-14-28)29-4-1-3-25(19-29)21-38-34(46)5-2-6-35(47)40-48/h1,3-4,7-19,32-33,36,44-45,48H,2,5-6,20-23H2,(H,38,46)(H,40,47). The van der Waals surface area contributed by atoms with E-state index in [9.17, 15) is 19.8 Å². The second-order valence-corrected chi connectivity index (χ2v) is 13.0. The summed E-state index contributed by atoms with van der Waals surface area (Å²) in [5.41, 5.74) is 7.87. The van der Waals surface area contributed by atoms with E-state index in [1.165, 1.54) is 11.8 Å². The highest BCUT2D eigenvalue weighted by molar-refractivity contribution is 7.99. The topological polar surface area (TPSA) is 181 Å². The van der Waals surface area contributed by atoms with Gasteiger partial charge in [0.1, 0.15) is 5.75 Å². The van der Waals surface area contributed by atoms with Gasteiger partial charge in [-0.2, -0.15) is 4.68 Å². The van der Waals surface area contributed by atoms with Gasteiger partial charge in [0.25, 0.3) is 0 Å². The molecule has 5 aromatic rings. The Morgan fingerprint density at radius 3 is 2.35 bits per heavy atom. The number of benzene rings is 4. The van der Waals surface area contributed by atoms with Gasteiger partial charge in [0.05, 0.1) is 24.5 Å². The van der Waals surface area contributed by atoms with E-state index >= 15 is 0 Å². The number of ether oxygens (including phenoxy) is 2. The Kier molecular flexibility index (Phi) is 12.0. The van der Waals surface area contributed by atoms with Crippen LogP contribution in [-0.2, 0) is 32.2 Å². The first-order valence-corrected chi connectivity index (χ1v) is 17.5. The van der Waals surface area contributed by atoms with Crippen molar-refractivity contribution in [3.05, 3.63) is 119 Å². The zero-order chi connectivity index (χ0) is 35.6. The third-order valence-corrected chi connectivity index (χ3v) is 9.46. The minimum Gasteiger partial charge on any atom is -0.508 e. The van der Waals surface area contributed by atoms with Crippen molar-refractivity contribution in [2.24, 2.45) is 0 Å². The molecular formula is C37H38N6O7S. The molecule has 51 heavy (non-hydrogen) atoms. The lowest BCUT2D eigenvalue weighted by Gasteiger charge is -2.36. The molecule has 1 aliphatic heterocycles. The molecule has 1 saturated heterocycles. The van der Waals surface area contributed by atoms with Crippen LogP contribution in [0.15, 0.2) is 102 Å². The molecular weight excluding hydrogens is 673 g/mol. The van der Waals surface area contributed by atoms with Crippen molar-refractivity contribution in [3.63, 3.8) is 0 Å². The number of thioether (sulfide) groups is 1. The lowest BCUT2D eigenvalue weighted by Crippen LogP contribution is -2.31. The van der Waals surface area contributed by atoms with Gasteiger partial charge in [0, 0.05) is 37.1 Å². The van der Waals surface area contributed by atoms with Crippen molar-refractivity contribution in [3.8, 4) is 22.6 Å². The first kappa shape index (κ1) is 35.7. The highest BCUT2D eigenvalue weighted by Crippen LogP contribution is 2.40. The monoisotopic (exact) mass is 710 g/mol. The van der Waals surface area contributed by atoms with Crippen molar-refractivity contribution in [2.45, 2.75) is 62.5 Å². The van der Waals surface area contributed by atoms with Gasteiger partial charge in [0.15, 0.2) is 6.29 Å². The lowest BCUT2D eigenvalue weighted by atomic mass is 9.99. The predicted octanol–water partition coefficient (Wildman–Crippen LogP) is 5.16. The second kappa shape index (κ2) is 17.2. The Morgan fingerprint density at radius 1 is 0.863 bits per heavy atom. The average Bonchev–Trinajstić information content (AvgIpc) is 3.65. The lowest BCUT2D eigenvalue weighted by molar-refractivity contribution is -0.245. The Labute approximate surface area is 298 Å². The maximum Gasteiger partial charge on any atom is 0.243 e. The van der Waals surface area contributed by atoms with Crippen LogP contribution in [0.3, 0.4) is 0 Å². The van der Waals surface area contributed by atoms with Crippen LogP contribution in [0.2, 0.25) is 0 Å². The van der Waals surface area contributed by atoms with E-state index in [1.54, 1.807) is 34.4 Å². The Balaban J connectivity index is 1.13.